The number of phosphoric acid groups is 1. The molecule has 0 aromatic carbocycles. The molecule has 3 unspecified atom stereocenters. The number of allylic oxidation sites excluding steroid dienone is 7. The highest BCUT2D eigenvalue weighted by molar-refractivity contribution is 7.47. The summed E-state index contributed by atoms with van der Waals surface area (Å²) in [6, 6.07) is -0.858. The van der Waals surface area contributed by atoms with Crippen LogP contribution in [0.2, 0.25) is 0 Å². The fourth-order valence-electron chi connectivity index (χ4n) is 10.1. The monoisotopic (exact) mass is 1130 g/mol. The molecule has 0 fully saturated rings. The van der Waals surface area contributed by atoms with Crippen LogP contribution in [0.15, 0.2) is 48.6 Å². The van der Waals surface area contributed by atoms with Crippen LogP contribution in [0.1, 0.15) is 329 Å². The fraction of sp³-hybridized carbons (Fsp3) is 0.855. The van der Waals surface area contributed by atoms with E-state index in [-0.39, 0.29) is 25.1 Å². The molecule has 0 aliphatic heterocycles. The van der Waals surface area contributed by atoms with Gasteiger partial charge in [-0.05, 0) is 63.9 Å². The van der Waals surface area contributed by atoms with Crippen molar-refractivity contribution in [1.82, 2.24) is 5.32 Å². The Morgan fingerprint density at radius 1 is 0.456 bits per heavy atom. The largest absolute Gasteiger partial charge is 0.472 e. The lowest BCUT2D eigenvalue weighted by Crippen LogP contribution is -2.47. The Kier molecular flexibility index (Phi) is 57.6. The predicted octanol–water partition coefficient (Wildman–Crippen LogP) is 21.2. The van der Waals surface area contributed by atoms with E-state index >= 15 is 0 Å². The first-order chi connectivity index (χ1) is 38.4. The Morgan fingerprint density at radius 2 is 0.810 bits per heavy atom. The summed E-state index contributed by atoms with van der Waals surface area (Å²) in [7, 11) is 1.49. The number of hydrogen-bond donors (Lipinski definition) is 2. The Labute approximate surface area is 490 Å². The standard InChI is InChI=1S/C69H131N2O7P/c1-7-10-13-16-19-22-25-28-30-31-32-33-34-35-36-37-38-39-40-41-42-44-47-50-53-56-59-62-69(73)78-67(60-57-54-51-48-45-27-24-21-18-15-12-9-3)66(65-77-79(74,75)76-64-63-71(4,5)6)70-68(72)61-58-55-52-49-46-43-29-26-23-20-17-14-11-8-2/h11,14,20,23,29,43,57,60,66-67H,7-10,12-13,15-19,21-22,24-28,30-42,44-56,58-59,61-65H2,1-6H3,(H-,70,72,74,75)/p+1/b14-11+,23-20+,43-29+,60-57-. The van der Waals surface area contributed by atoms with Crippen LogP contribution in [-0.4, -0.2) is 74.3 Å². The topological polar surface area (TPSA) is 111 Å². The molecule has 2 N–H and O–H groups in total. The van der Waals surface area contributed by atoms with Gasteiger partial charge in [-0.2, -0.15) is 0 Å². The SMILES string of the molecule is CC/C=C/C/C=C/C/C=C/CCCCCCC(=O)NC(COP(=O)(O)OCC[N+](C)(C)C)C(/C=C\CCCCCCCCCCCC)OC(=O)CCCCCCCCCCCCCCCCCCCCCCCCCCCCC. The number of hydrogen-bond acceptors (Lipinski definition) is 6. The molecule has 0 aromatic heterocycles. The third kappa shape index (κ3) is 60.4. The molecule has 0 radical (unpaired) electrons. The van der Waals surface area contributed by atoms with Gasteiger partial charge in [-0.3, -0.25) is 18.6 Å². The van der Waals surface area contributed by atoms with E-state index in [0.717, 1.165) is 89.9 Å². The molecule has 0 aliphatic rings. The number of nitrogens with one attached hydrogen (secondary N) is 1. The van der Waals surface area contributed by atoms with Gasteiger partial charge >= 0.3 is 13.8 Å². The molecule has 3 atom stereocenters. The van der Waals surface area contributed by atoms with E-state index in [4.69, 9.17) is 13.8 Å². The first-order valence-corrected chi connectivity index (χ1v) is 35.5. The van der Waals surface area contributed by atoms with E-state index in [0.29, 0.717) is 23.9 Å². The summed E-state index contributed by atoms with van der Waals surface area (Å²) in [5, 5.41) is 3.05. The highest BCUT2D eigenvalue weighted by Gasteiger charge is 2.30. The number of unbranched alkanes of at least 4 members (excludes halogenated alkanes) is 40. The highest BCUT2D eigenvalue weighted by Crippen LogP contribution is 2.43. The summed E-state index contributed by atoms with van der Waals surface area (Å²) in [4.78, 5) is 37.7. The number of amides is 1. The Morgan fingerprint density at radius 3 is 1.22 bits per heavy atom. The average Bonchev–Trinajstić information content (AvgIpc) is 3.41. The zero-order chi connectivity index (χ0) is 57.9. The minimum absolute atomic E-state index is 0.0366. The molecule has 0 heterocycles. The quantitative estimate of drug-likeness (QED) is 0.0205. The molecular weight excluding hydrogens is 1000 g/mol. The third-order valence-electron chi connectivity index (χ3n) is 15.3. The first-order valence-electron chi connectivity index (χ1n) is 34.0. The molecular formula is C69H132N2O7P+. The van der Waals surface area contributed by atoms with Crippen molar-refractivity contribution in [3.63, 3.8) is 0 Å². The summed E-state index contributed by atoms with van der Waals surface area (Å²) in [5.41, 5.74) is 0. The lowest BCUT2D eigenvalue weighted by Gasteiger charge is -2.27. The fourth-order valence-corrected chi connectivity index (χ4v) is 10.8. The second-order valence-corrected chi connectivity index (χ2v) is 25.8. The van der Waals surface area contributed by atoms with Crippen LogP contribution in [0.5, 0.6) is 0 Å². The highest BCUT2D eigenvalue weighted by atomic mass is 31.2. The number of carbonyl (C=O) groups excluding carboxylic acids is 2. The van der Waals surface area contributed by atoms with Crippen LogP contribution < -0.4 is 5.32 Å². The number of carbonyl (C=O) groups is 2. The summed E-state index contributed by atoms with van der Waals surface area (Å²) >= 11 is 0. The summed E-state index contributed by atoms with van der Waals surface area (Å²) in [6.07, 6.45) is 74.3. The molecule has 0 bridgehead atoms. The third-order valence-corrected chi connectivity index (χ3v) is 16.3. The average molecular weight is 1130 g/mol. The number of phosphoric ester groups is 1. The number of quaternary nitrogens is 1. The van der Waals surface area contributed by atoms with Crippen LogP contribution in [0.25, 0.3) is 0 Å². The Hall–Kier alpha value is -2.03. The maximum Gasteiger partial charge on any atom is 0.472 e. The zero-order valence-electron chi connectivity index (χ0n) is 53.1. The van der Waals surface area contributed by atoms with Crippen molar-refractivity contribution < 1.29 is 37.3 Å². The van der Waals surface area contributed by atoms with Crippen molar-refractivity contribution in [2.24, 2.45) is 0 Å². The Balaban J connectivity index is 4.98. The van der Waals surface area contributed by atoms with Gasteiger partial charge in [0.15, 0.2) is 0 Å². The maximum absolute atomic E-state index is 13.5. The van der Waals surface area contributed by atoms with Gasteiger partial charge in [0.05, 0.1) is 33.8 Å². The summed E-state index contributed by atoms with van der Waals surface area (Å²) in [6.45, 7) is 6.92. The van der Waals surface area contributed by atoms with Gasteiger partial charge in [0, 0.05) is 12.8 Å². The van der Waals surface area contributed by atoms with Crippen molar-refractivity contribution >= 4 is 19.7 Å². The van der Waals surface area contributed by atoms with E-state index < -0.39 is 20.0 Å². The molecule has 10 heteroatoms. The maximum atomic E-state index is 13.5. The molecule has 0 rings (SSSR count). The van der Waals surface area contributed by atoms with E-state index in [1.54, 1.807) is 0 Å². The minimum Gasteiger partial charge on any atom is -0.456 e. The zero-order valence-corrected chi connectivity index (χ0v) is 54.0. The number of esters is 1. The van der Waals surface area contributed by atoms with Crippen molar-refractivity contribution in [3.05, 3.63) is 48.6 Å². The van der Waals surface area contributed by atoms with Gasteiger partial charge in [0.2, 0.25) is 5.91 Å². The number of ether oxygens (including phenoxy) is 1. The molecule has 0 saturated heterocycles. The molecule has 0 saturated carbocycles. The summed E-state index contributed by atoms with van der Waals surface area (Å²) in [5.74, 6) is -0.518. The number of nitrogens with zero attached hydrogens (tertiary/aromatic N) is 1. The van der Waals surface area contributed by atoms with Crippen LogP contribution in [-0.2, 0) is 27.9 Å². The summed E-state index contributed by atoms with van der Waals surface area (Å²) < 4.78 is 30.7. The van der Waals surface area contributed by atoms with E-state index in [2.05, 4.69) is 62.5 Å². The second kappa shape index (κ2) is 59.1. The van der Waals surface area contributed by atoms with Crippen LogP contribution in [0.4, 0.5) is 0 Å². The van der Waals surface area contributed by atoms with E-state index in [9.17, 15) is 19.0 Å². The minimum atomic E-state index is -4.45. The molecule has 464 valence electrons. The Bertz CT molecular complexity index is 1490. The van der Waals surface area contributed by atoms with E-state index in [1.165, 1.54) is 205 Å². The first kappa shape index (κ1) is 77.0. The van der Waals surface area contributed by atoms with Gasteiger partial charge < -0.3 is 19.4 Å². The number of likely N-dealkylation sites (N-methyl/N-ethyl adjacent to an activating group) is 1. The van der Waals surface area contributed by atoms with Crippen LogP contribution >= 0.6 is 7.82 Å². The molecule has 1 amide bonds. The van der Waals surface area contributed by atoms with Gasteiger partial charge in [0.25, 0.3) is 0 Å². The smallest absolute Gasteiger partial charge is 0.456 e. The van der Waals surface area contributed by atoms with Crippen molar-refractivity contribution in [2.45, 2.75) is 341 Å². The van der Waals surface area contributed by atoms with Crippen molar-refractivity contribution in [2.75, 3.05) is 40.9 Å². The van der Waals surface area contributed by atoms with Crippen LogP contribution in [0.3, 0.4) is 0 Å². The predicted molar refractivity (Wildman–Crippen MR) is 342 cm³/mol. The van der Waals surface area contributed by atoms with E-state index in [1.807, 2.05) is 33.3 Å². The molecule has 0 spiro atoms. The lowest BCUT2D eigenvalue weighted by molar-refractivity contribution is -0.870. The van der Waals surface area contributed by atoms with Crippen LogP contribution in [0, 0.1) is 0 Å². The van der Waals surface area contributed by atoms with Crippen molar-refractivity contribution in [1.29, 1.82) is 0 Å². The normalized spacial score (nSPS) is 13.9. The van der Waals surface area contributed by atoms with Gasteiger partial charge in [-0.1, -0.05) is 301 Å². The van der Waals surface area contributed by atoms with Gasteiger partial charge in [0.1, 0.15) is 19.3 Å². The molecule has 0 aliphatic carbocycles. The van der Waals surface area contributed by atoms with Gasteiger partial charge in [-0.15, -0.1) is 0 Å². The molecule has 79 heavy (non-hydrogen) atoms. The van der Waals surface area contributed by atoms with Crippen molar-refractivity contribution in [3.8, 4) is 0 Å². The second-order valence-electron chi connectivity index (χ2n) is 24.3. The van der Waals surface area contributed by atoms with Gasteiger partial charge in [-0.25, -0.2) is 4.57 Å². The lowest BCUT2D eigenvalue weighted by atomic mass is 10.0. The number of rotatable bonds is 62. The molecule has 9 nitrogen and oxygen atoms in total. The molecule has 0 aromatic rings.